The third-order valence-electron chi connectivity index (χ3n) is 3.41. The molecule has 98 valence electrons. The molecule has 0 saturated carbocycles. The summed E-state index contributed by atoms with van der Waals surface area (Å²) in [6.45, 7) is 0. The fraction of sp³-hybridized carbons (Fsp3) is 0.250. The van der Waals surface area contributed by atoms with E-state index in [1.165, 1.54) is 5.56 Å². The van der Waals surface area contributed by atoms with Crippen molar-refractivity contribution < 1.29 is 9.47 Å². The molecule has 1 aliphatic rings. The molecular formula is C16H15BrO2. The summed E-state index contributed by atoms with van der Waals surface area (Å²) in [5.74, 6) is 1.85. The first kappa shape index (κ1) is 12.5. The minimum atomic E-state index is 0.0424. The Morgan fingerprint density at radius 1 is 1.11 bits per heavy atom. The average molecular weight is 319 g/mol. The number of alkyl halides is 1. The fourth-order valence-corrected chi connectivity index (χ4v) is 3.15. The SMILES string of the molecule is COc1ccc([C@@H]2Oc3ccccc3C[C@@H]2Br)cc1. The number of halogens is 1. The van der Waals surface area contributed by atoms with Crippen LogP contribution in [0.25, 0.3) is 0 Å². The molecule has 1 aliphatic heterocycles. The summed E-state index contributed by atoms with van der Waals surface area (Å²) in [5.41, 5.74) is 2.42. The highest BCUT2D eigenvalue weighted by molar-refractivity contribution is 9.09. The Balaban J connectivity index is 1.89. The third kappa shape index (κ3) is 2.47. The summed E-state index contributed by atoms with van der Waals surface area (Å²) in [4.78, 5) is 0.288. The number of rotatable bonds is 2. The van der Waals surface area contributed by atoms with E-state index in [0.717, 1.165) is 23.5 Å². The summed E-state index contributed by atoms with van der Waals surface area (Å²) in [7, 11) is 1.68. The molecule has 0 bridgehead atoms. The molecule has 19 heavy (non-hydrogen) atoms. The normalized spacial score (nSPS) is 21.4. The molecule has 1 heterocycles. The standard InChI is InChI=1S/C16H15BrO2/c1-18-13-8-6-11(7-9-13)16-14(17)10-12-4-2-3-5-15(12)19-16/h2-9,14,16H,10H2,1H3/t14-,16-/m0/s1. The highest BCUT2D eigenvalue weighted by atomic mass is 79.9. The van der Waals surface area contributed by atoms with E-state index in [1.807, 2.05) is 24.3 Å². The molecule has 3 heteroatoms. The molecular weight excluding hydrogens is 304 g/mol. The third-order valence-corrected chi connectivity index (χ3v) is 4.22. The zero-order chi connectivity index (χ0) is 13.2. The lowest BCUT2D eigenvalue weighted by Gasteiger charge is -2.30. The predicted molar refractivity (Wildman–Crippen MR) is 79.2 cm³/mol. The van der Waals surface area contributed by atoms with Crippen LogP contribution in [0, 0.1) is 0 Å². The van der Waals surface area contributed by atoms with E-state index >= 15 is 0 Å². The van der Waals surface area contributed by atoms with Gasteiger partial charge in [0, 0.05) is 0 Å². The number of fused-ring (bicyclic) bond motifs is 1. The van der Waals surface area contributed by atoms with Gasteiger partial charge in [-0.3, -0.25) is 0 Å². The van der Waals surface area contributed by atoms with Crippen LogP contribution >= 0.6 is 15.9 Å². The van der Waals surface area contributed by atoms with Gasteiger partial charge in [0.15, 0.2) is 0 Å². The van der Waals surface area contributed by atoms with Crippen LogP contribution in [0.4, 0.5) is 0 Å². The van der Waals surface area contributed by atoms with Gasteiger partial charge in [0.25, 0.3) is 0 Å². The van der Waals surface area contributed by atoms with E-state index < -0.39 is 0 Å². The second kappa shape index (κ2) is 5.25. The maximum atomic E-state index is 6.12. The summed E-state index contributed by atoms with van der Waals surface area (Å²) < 4.78 is 11.3. The summed E-state index contributed by atoms with van der Waals surface area (Å²) >= 11 is 3.74. The van der Waals surface area contributed by atoms with E-state index in [2.05, 4.69) is 40.2 Å². The molecule has 2 atom stereocenters. The number of hydrogen-bond acceptors (Lipinski definition) is 2. The average Bonchev–Trinajstić information content (AvgIpc) is 2.47. The van der Waals surface area contributed by atoms with E-state index in [-0.39, 0.29) is 10.9 Å². The molecule has 2 aromatic carbocycles. The van der Waals surface area contributed by atoms with Crippen LogP contribution < -0.4 is 9.47 Å². The minimum absolute atomic E-state index is 0.0424. The number of hydrogen-bond donors (Lipinski definition) is 0. The van der Waals surface area contributed by atoms with Crippen molar-refractivity contribution in [3.8, 4) is 11.5 Å². The first-order chi connectivity index (χ1) is 9.28. The first-order valence-electron chi connectivity index (χ1n) is 6.30. The van der Waals surface area contributed by atoms with Crippen molar-refractivity contribution in [3.63, 3.8) is 0 Å². The Morgan fingerprint density at radius 2 is 1.84 bits per heavy atom. The van der Waals surface area contributed by atoms with Crippen molar-refractivity contribution in [2.75, 3.05) is 7.11 Å². The maximum absolute atomic E-state index is 6.12. The van der Waals surface area contributed by atoms with Gasteiger partial charge in [-0.05, 0) is 35.7 Å². The van der Waals surface area contributed by atoms with Crippen molar-refractivity contribution in [1.29, 1.82) is 0 Å². The molecule has 0 spiro atoms. The lowest BCUT2D eigenvalue weighted by atomic mass is 9.97. The van der Waals surface area contributed by atoms with Crippen molar-refractivity contribution >= 4 is 15.9 Å². The van der Waals surface area contributed by atoms with Gasteiger partial charge >= 0.3 is 0 Å². The molecule has 0 fully saturated rings. The Labute approximate surface area is 121 Å². The lowest BCUT2D eigenvalue weighted by Crippen LogP contribution is -2.25. The van der Waals surface area contributed by atoms with E-state index in [1.54, 1.807) is 7.11 Å². The van der Waals surface area contributed by atoms with Crippen LogP contribution in [0.3, 0.4) is 0 Å². The molecule has 0 radical (unpaired) electrons. The van der Waals surface area contributed by atoms with E-state index in [0.29, 0.717) is 0 Å². The first-order valence-corrected chi connectivity index (χ1v) is 7.22. The Kier molecular flexibility index (Phi) is 3.47. The fourth-order valence-electron chi connectivity index (χ4n) is 2.39. The van der Waals surface area contributed by atoms with Crippen molar-refractivity contribution in [3.05, 3.63) is 59.7 Å². The van der Waals surface area contributed by atoms with Crippen molar-refractivity contribution in [2.24, 2.45) is 0 Å². The van der Waals surface area contributed by atoms with Crippen LogP contribution in [0.2, 0.25) is 0 Å². The van der Waals surface area contributed by atoms with Crippen LogP contribution in [-0.4, -0.2) is 11.9 Å². The van der Waals surface area contributed by atoms with Gasteiger partial charge < -0.3 is 9.47 Å². The Bertz CT molecular complexity index is 565. The predicted octanol–water partition coefficient (Wildman–Crippen LogP) is 4.13. The van der Waals surface area contributed by atoms with Gasteiger partial charge in [-0.1, -0.05) is 46.3 Å². The van der Waals surface area contributed by atoms with E-state index in [9.17, 15) is 0 Å². The van der Waals surface area contributed by atoms with E-state index in [4.69, 9.17) is 9.47 Å². The van der Waals surface area contributed by atoms with Gasteiger partial charge in [0.1, 0.15) is 17.6 Å². The van der Waals surface area contributed by atoms with Crippen molar-refractivity contribution in [1.82, 2.24) is 0 Å². The highest BCUT2D eigenvalue weighted by Gasteiger charge is 2.29. The molecule has 0 aliphatic carbocycles. The molecule has 2 nitrogen and oxygen atoms in total. The molecule has 2 aromatic rings. The second-order valence-corrected chi connectivity index (χ2v) is 5.82. The zero-order valence-corrected chi connectivity index (χ0v) is 12.3. The quantitative estimate of drug-likeness (QED) is 0.775. The van der Waals surface area contributed by atoms with Gasteiger partial charge in [-0.25, -0.2) is 0 Å². The van der Waals surface area contributed by atoms with Gasteiger partial charge in [-0.15, -0.1) is 0 Å². The Morgan fingerprint density at radius 3 is 2.58 bits per heavy atom. The molecule has 0 amide bonds. The molecule has 0 saturated heterocycles. The summed E-state index contributed by atoms with van der Waals surface area (Å²) in [5, 5.41) is 0. The summed E-state index contributed by atoms with van der Waals surface area (Å²) in [6, 6.07) is 16.3. The number of ether oxygens (including phenoxy) is 2. The zero-order valence-electron chi connectivity index (χ0n) is 10.7. The minimum Gasteiger partial charge on any atom is -0.497 e. The van der Waals surface area contributed by atoms with Crippen LogP contribution in [0.15, 0.2) is 48.5 Å². The van der Waals surface area contributed by atoms with Crippen molar-refractivity contribution in [2.45, 2.75) is 17.4 Å². The van der Waals surface area contributed by atoms with Crippen LogP contribution in [0.5, 0.6) is 11.5 Å². The largest absolute Gasteiger partial charge is 0.497 e. The number of benzene rings is 2. The number of para-hydroxylation sites is 1. The topological polar surface area (TPSA) is 18.5 Å². The Hall–Kier alpha value is -1.48. The summed E-state index contributed by atoms with van der Waals surface area (Å²) in [6.07, 6.45) is 1.02. The van der Waals surface area contributed by atoms with Gasteiger partial charge in [-0.2, -0.15) is 0 Å². The van der Waals surface area contributed by atoms with Gasteiger partial charge in [0.2, 0.25) is 0 Å². The lowest BCUT2D eigenvalue weighted by molar-refractivity contribution is 0.185. The highest BCUT2D eigenvalue weighted by Crippen LogP contribution is 2.38. The van der Waals surface area contributed by atoms with Crippen LogP contribution in [-0.2, 0) is 6.42 Å². The molecule has 0 unspecified atom stereocenters. The molecule has 0 aromatic heterocycles. The smallest absolute Gasteiger partial charge is 0.136 e. The monoisotopic (exact) mass is 318 g/mol. The number of methoxy groups -OCH3 is 1. The van der Waals surface area contributed by atoms with Crippen LogP contribution in [0.1, 0.15) is 17.2 Å². The molecule has 3 rings (SSSR count). The molecule has 0 N–H and O–H groups in total. The van der Waals surface area contributed by atoms with Gasteiger partial charge in [0.05, 0.1) is 11.9 Å². The maximum Gasteiger partial charge on any atom is 0.136 e. The second-order valence-electron chi connectivity index (χ2n) is 4.64.